The highest BCUT2D eigenvalue weighted by Gasteiger charge is 2.37. The fourth-order valence-electron chi connectivity index (χ4n) is 3.54. The van der Waals surface area contributed by atoms with Gasteiger partial charge >= 0.3 is 0 Å². The highest BCUT2D eigenvalue weighted by Crippen LogP contribution is 2.41. The zero-order chi connectivity index (χ0) is 12.3. The van der Waals surface area contributed by atoms with Crippen molar-refractivity contribution >= 4 is 0 Å². The minimum atomic E-state index is -2.45. The molecule has 3 unspecified atom stereocenters. The molecule has 2 aliphatic carbocycles. The molecule has 2 fully saturated rings. The van der Waals surface area contributed by atoms with Gasteiger partial charge < -0.3 is 5.11 Å². The molecule has 0 spiro atoms. The summed E-state index contributed by atoms with van der Waals surface area (Å²) >= 11 is 0. The Bertz CT molecular complexity index is 242. The number of aliphatic hydroxyl groups excluding tert-OH is 1. The standard InChI is InChI=1S/C14H24F2O/c15-14(16)8-4-5-11(10-14)9-12-6-2-1-3-7-13(12)17/h11-13,17H,1-10H2. The van der Waals surface area contributed by atoms with E-state index in [2.05, 4.69) is 0 Å². The fourth-order valence-corrected chi connectivity index (χ4v) is 3.54. The monoisotopic (exact) mass is 246 g/mol. The van der Waals surface area contributed by atoms with E-state index in [-0.39, 0.29) is 30.8 Å². The molecule has 1 nitrogen and oxygen atoms in total. The predicted molar refractivity (Wildman–Crippen MR) is 64.1 cm³/mol. The van der Waals surface area contributed by atoms with Crippen molar-refractivity contribution in [1.29, 1.82) is 0 Å². The molecule has 17 heavy (non-hydrogen) atoms. The summed E-state index contributed by atoms with van der Waals surface area (Å²) in [7, 11) is 0. The molecule has 0 bridgehead atoms. The first-order chi connectivity index (χ1) is 8.07. The molecule has 100 valence electrons. The molecular weight excluding hydrogens is 222 g/mol. The van der Waals surface area contributed by atoms with Crippen molar-refractivity contribution in [2.45, 2.75) is 76.2 Å². The average molecular weight is 246 g/mol. The average Bonchev–Trinajstić information content (AvgIpc) is 2.43. The van der Waals surface area contributed by atoms with Crippen LogP contribution < -0.4 is 0 Å². The predicted octanol–water partition coefficient (Wildman–Crippen LogP) is 4.14. The molecule has 0 aromatic heterocycles. The summed E-state index contributed by atoms with van der Waals surface area (Å²) in [6, 6.07) is 0. The van der Waals surface area contributed by atoms with Gasteiger partial charge in [-0.2, -0.15) is 0 Å². The molecule has 3 heteroatoms. The van der Waals surface area contributed by atoms with Crippen LogP contribution >= 0.6 is 0 Å². The number of rotatable bonds is 2. The van der Waals surface area contributed by atoms with E-state index in [4.69, 9.17) is 0 Å². The molecule has 1 N–H and O–H groups in total. The Morgan fingerprint density at radius 1 is 1.00 bits per heavy atom. The normalized spacial score (nSPS) is 38.6. The first-order valence-electron chi connectivity index (χ1n) is 7.13. The number of hydrogen-bond acceptors (Lipinski definition) is 1. The molecule has 0 aromatic rings. The van der Waals surface area contributed by atoms with Crippen LogP contribution in [0.15, 0.2) is 0 Å². The Morgan fingerprint density at radius 3 is 2.53 bits per heavy atom. The molecule has 2 aliphatic rings. The van der Waals surface area contributed by atoms with Gasteiger partial charge in [0.1, 0.15) is 0 Å². The summed E-state index contributed by atoms with van der Waals surface area (Å²) in [5.74, 6) is -2.04. The Hall–Kier alpha value is -0.180. The van der Waals surface area contributed by atoms with Crippen molar-refractivity contribution < 1.29 is 13.9 Å². The van der Waals surface area contributed by atoms with E-state index in [0.29, 0.717) is 6.42 Å². The van der Waals surface area contributed by atoms with E-state index >= 15 is 0 Å². The number of aliphatic hydroxyl groups is 1. The second kappa shape index (κ2) is 5.64. The molecule has 0 aromatic carbocycles. The maximum atomic E-state index is 13.3. The highest BCUT2D eigenvalue weighted by molar-refractivity contribution is 4.82. The van der Waals surface area contributed by atoms with Crippen LogP contribution in [-0.4, -0.2) is 17.1 Å². The molecule has 0 aliphatic heterocycles. The Labute approximate surface area is 103 Å². The van der Waals surface area contributed by atoms with Gasteiger partial charge in [-0.15, -0.1) is 0 Å². The van der Waals surface area contributed by atoms with Crippen molar-refractivity contribution in [2.75, 3.05) is 0 Å². The summed E-state index contributed by atoms with van der Waals surface area (Å²) < 4.78 is 26.6. The first-order valence-corrected chi connectivity index (χ1v) is 7.13. The molecule has 0 heterocycles. The summed E-state index contributed by atoms with van der Waals surface area (Å²) in [5.41, 5.74) is 0. The van der Waals surface area contributed by atoms with Gasteiger partial charge in [0.05, 0.1) is 6.10 Å². The van der Waals surface area contributed by atoms with Gasteiger partial charge in [0.15, 0.2) is 0 Å². The SMILES string of the molecule is OC1CCCCCC1CC1CCCC(F)(F)C1. The number of hydrogen-bond donors (Lipinski definition) is 1. The molecule has 2 saturated carbocycles. The summed E-state index contributed by atoms with van der Waals surface area (Å²) in [5, 5.41) is 10.0. The summed E-state index contributed by atoms with van der Waals surface area (Å²) in [6.45, 7) is 0. The van der Waals surface area contributed by atoms with E-state index in [1.54, 1.807) is 0 Å². The largest absolute Gasteiger partial charge is 0.393 e. The third-order valence-corrected chi connectivity index (χ3v) is 4.50. The Kier molecular flexibility index (Phi) is 4.40. The van der Waals surface area contributed by atoms with Gasteiger partial charge in [0, 0.05) is 12.8 Å². The summed E-state index contributed by atoms with van der Waals surface area (Å²) in [4.78, 5) is 0. The van der Waals surface area contributed by atoms with Gasteiger partial charge in [-0.1, -0.05) is 25.7 Å². The quantitative estimate of drug-likeness (QED) is 0.726. The van der Waals surface area contributed by atoms with Crippen LogP contribution in [0, 0.1) is 11.8 Å². The van der Waals surface area contributed by atoms with Gasteiger partial charge in [-0.05, 0) is 37.5 Å². The lowest BCUT2D eigenvalue weighted by Crippen LogP contribution is -2.29. The number of alkyl halides is 2. The van der Waals surface area contributed by atoms with Crippen molar-refractivity contribution in [3.8, 4) is 0 Å². The first kappa shape index (κ1) is 13.3. The van der Waals surface area contributed by atoms with Crippen LogP contribution in [0.5, 0.6) is 0 Å². The second-order valence-electron chi connectivity index (χ2n) is 6.02. The zero-order valence-electron chi connectivity index (χ0n) is 10.5. The second-order valence-corrected chi connectivity index (χ2v) is 6.02. The van der Waals surface area contributed by atoms with Crippen LogP contribution in [0.2, 0.25) is 0 Å². The van der Waals surface area contributed by atoms with E-state index in [1.807, 2.05) is 0 Å². The molecule has 0 amide bonds. The van der Waals surface area contributed by atoms with Crippen LogP contribution in [0.25, 0.3) is 0 Å². The van der Waals surface area contributed by atoms with Crippen molar-refractivity contribution in [1.82, 2.24) is 0 Å². The lowest BCUT2D eigenvalue weighted by Gasteiger charge is -2.32. The summed E-state index contributed by atoms with van der Waals surface area (Å²) in [6.07, 6.45) is 7.62. The molecular formula is C14H24F2O. The lowest BCUT2D eigenvalue weighted by atomic mass is 9.78. The smallest absolute Gasteiger partial charge is 0.248 e. The van der Waals surface area contributed by atoms with Crippen molar-refractivity contribution in [3.63, 3.8) is 0 Å². The third-order valence-electron chi connectivity index (χ3n) is 4.50. The van der Waals surface area contributed by atoms with Gasteiger partial charge in [0.2, 0.25) is 5.92 Å². The molecule has 0 radical (unpaired) electrons. The highest BCUT2D eigenvalue weighted by atomic mass is 19.3. The van der Waals surface area contributed by atoms with Crippen LogP contribution in [-0.2, 0) is 0 Å². The van der Waals surface area contributed by atoms with Gasteiger partial charge in [0.25, 0.3) is 0 Å². The van der Waals surface area contributed by atoms with Crippen molar-refractivity contribution in [3.05, 3.63) is 0 Å². The fraction of sp³-hybridized carbons (Fsp3) is 1.00. The third kappa shape index (κ3) is 3.90. The molecule has 0 saturated heterocycles. The van der Waals surface area contributed by atoms with Gasteiger partial charge in [-0.3, -0.25) is 0 Å². The van der Waals surface area contributed by atoms with Crippen LogP contribution in [0.3, 0.4) is 0 Å². The lowest BCUT2D eigenvalue weighted by molar-refractivity contribution is -0.0592. The Morgan fingerprint density at radius 2 is 1.76 bits per heavy atom. The molecule has 2 rings (SSSR count). The maximum absolute atomic E-state index is 13.3. The van der Waals surface area contributed by atoms with E-state index in [1.165, 1.54) is 6.42 Å². The molecule has 3 atom stereocenters. The zero-order valence-corrected chi connectivity index (χ0v) is 10.5. The van der Waals surface area contributed by atoms with E-state index in [9.17, 15) is 13.9 Å². The van der Waals surface area contributed by atoms with E-state index in [0.717, 1.165) is 38.5 Å². The van der Waals surface area contributed by atoms with Crippen LogP contribution in [0.4, 0.5) is 8.78 Å². The van der Waals surface area contributed by atoms with E-state index < -0.39 is 5.92 Å². The Balaban J connectivity index is 1.86. The van der Waals surface area contributed by atoms with Crippen LogP contribution in [0.1, 0.15) is 64.2 Å². The number of halogens is 2. The minimum absolute atomic E-state index is 0.0518. The maximum Gasteiger partial charge on any atom is 0.248 e. The van der Waals surface area contributed by atoms with Crippen molar-refractivity contribution in [2.24, 2.45) is 11.8 Å². The minimum Gasteiger partial charge on any atom is -0.393 e. The van der Waals surface area contributed by atoms with Gasteiger partial charge in [-0.25, -0.2) is 8.78 Å². The topological polar surface area (TPSA) is 20.2 Å².